The van der Waals surface area contributed by atoms with Crippen LogP contribution in [0.4, 0.5) is 13.2 Å². The van der Waals surface area contributed by atoms with Crippen molar-refractivity contribution >= 4 is 5.91 Å². The van der Waals surface area contributed by atoms with Crippen molar-refractivity contribution in [2.24, 2.45) is 0 Å². The number of halogens is 3. The van der Waals surface area contributed by atoms with Crippen molar-refractivity contribution in [1.82, 2.24) is 20.0 Å². The third-order valence-corrected chi connectivity index (χ3v) is 4.79. The molecule has 1 amide bonds. The van der Waals surface area contributed by atoms with Gasteiger partial charge in [0.1, 0.15) is 23.3 Å². The van der Waals surface area contributed by atoms with Crippen LogP contribution in [0.3, 0.4) is 0 Å². The number of likely N-dealkylation sites (tertiary alicyclic amines) is 1. The fourth-order valence-corrected chi connectivity index (χ4v) is 3.30. The number of aromatic amines is 1. The van der Waals surface area contributed by atoms with Gasteiger partial charge in [0.25, 0.3) is 5.91 Å². The number of rotatable bonds is 3. The molecule has 6 nitrogen and oxygen atoms in total. The van der Waals surface area contributed by atoms with Crippen molar-refractivity contribution in [3.05, 3.63) is 35.2 Å². The van der Waals surface area contributed by atoms with E-state index < -0.39 is 11.9 Å². The maximum Gasteiger partial charge on any atom is 0.432 e. The van der Waals surface area contributed by atoms with Gasteiger partial charge in [-0.25, -0.2) is 4.98 Å². The summed E-state index contributed by atoms with van der Waals surface area (Å²) in [7, 11) is 0. The Morgan fingerprint density at radius 2 is 2.08 bits per heavy atom. The van der Waals surface area contributed by atoms with E-state index in [9.17, 15) is 18.0 Å². The molecule has 2 aromatic rings. The van der Waals surface area contributed by atoms with Gasteiger partial charge in [-0.3, -0.25) is 4.79 Å². The summed E-state index contributed by atoms with van der Waals surface area (Å²) >= 11 is 0. The number of carbonyl (C=O) groups is 1. The van der Waals surface area contributed by atoms with Gasteiger partial charge in [0.2, 0.25) is 0 Å². The van der Waals surface area contributed by atoms with Gasteiger partial charge in [0.05, 0.1) is 11.9 Å². The van der Waals surface area contributed by atoms with Crippen LogP contribution in [-0.4, -0.2) is 39.0 Å². The molecule has 0 radical (unpaired) electrons. The van der Waals surface area contributed by atoms with Crippen molar-refractivity contribution < 1.29 is 22.5 Å². The number of imidazole rings is 1. The summed E-state index contributed by atoms with van der Waals surface area (Å²) in [5, 5.41) is 3.94. The van der Waals surface area contributed by atoms with Crippen LogP contribution in [0, 0.1) is 0 Å². The molecule has 3 heterocycles. The Balaban J connectivity index is 1.50. The van der Waals surface area contributed by atoms with Crippen molar-refractivity contribution in [2.45, 2.75) is 43.7 Å². The van der Waals surface area contributed by atoms with E-state index in [1.54, 1.807) is 4.90 Å². The molecule has 1 atom stereocenters. The smallest absolute Gasteiger partial charge is 0.364 e. The summed E-state index contributed by atoms with van der Waals surface area (Å²) in [4.78, 5) is 20.7. The lowest BCUT2D eigenvalue weighted by Crippen LogP contribution is -2.39. The van der Waals surface area contributed by atoms with Gasteiger partial charge in [-0.2, -0.15) is 13.2 Å². The number of aromatic nitrogens is 3. The van der Waals surface area contributed by atoms with Crippen LogP contribution < -0.4 is 0 Å². The minimum Gasteiger partial charge on any atom is -0.364 e. The monoisotopic (exact) mass is 354 g/mol. The molecule has 1 aliphatic carbocycles. The van der Waals surface area contributed by atoms with Crippen LogP contribution in [0.1, 0.15) is 65.1 Å². The van der Waals surface area contributed by atoms with Crippen molar-refractivity contribution in [1.29, 1.82) is 0 Å². The fraction of sp³-hybridized carbons (Fsp3) is 0.562. The number of carbonyl (C=O) groups excluding carboxylic acids is 1. The Labute approximate surface area is 141 Å². The number of nitrogens with one attached hydrogen (secondary N) is 1. The summed E-state index contributed by atoms with van der Waals surface area (Å²) in [6.45, 7) is 0.899. The highest BCUT2D eigenvalue weighted by Gasteiger charge is 2.36. The van der Waals surface area contributed by atoms with E-state index in [4.69, 9.17) is 4.52 Å². The highest BCUT2D eigenvalue weighted by atomic mass is 19.4. The normalized spacial score (nSPS) is 21.6. The molecule has 1 aliphatic heterocycles. The summed E-state index contributed by atoms with van der Waals surface area (Å²) in [6, 6.07) is 0. The Bertz CT molecular complexity index is 778. The van der Waals surface area contributed by atoms with Gasteiger partial charge >= 0.3 is 6.18 Å². The Hall–Kier alpha value is -2.32. The summed E-state index contributed by atoms with van der Waals surface area (Å²) in [6.07, 6.45) is 1.13. The summed E-state index contributed by atoms with van der Waals surface area (Å²) in [5.74, 6) is 0.156. The lowest BCUT2D eigenvalue weighted by Gasteiger charge is -2.31. The predicted molar refractivity (Wildman–Crippen MR) is 79.9 cm³/mol. The Kier molecular flexibility index (Phi) is 3.81. The van der Waals surface area contributed by atoms with Gasteiger partial charge in [-0.1, -0.05) is 5.16 Å². The van der Waals surface area contributed by atoms with E-state index in [0.717, 1.165) is 19.0 Å². The predicted octanol–water partition coefficient (Wildman–Crippen LogP) is 3.31. The van der Waals surface area contributed by atoms with Crippen molar-refractivity contribution in [3.63, 3.8) is 0 Å². The Morgan fingerprint density at radius 3 is 2.76 bits per heavy atom. The van der Waals surface area contributed by atoms with Crippen LogP contribution in [0.25, 0.3) is 0 Å². The highest BCUT2D eigenvalue weighted by molar-refractivity contribution is 5.95. The van der Waals surface area contributed by atoms with Crippen LogP contribution >= 0.6 is 0 Å². The van der Waals surface area contributed by atoms with E-state index in [1.165, 1.54) is 6.26 Å². The zero-order valence-electron chi connectivity index (χ0n) is 13.3. The van der Waals surface area contributed by atoms with E-state index in [-0.39, 0.29) is 23.6 Å². The zero-order valence-corrected chi connectivity index (χ0v) is 13.3. The first-order chi connectivity index (χ1) is 11.9. The first kappa shape index (κ1) is 16.2. The molecule has 1 saturated carbocycles. The number of amides is 1. The quantitative estimate of drug-likeness (QED) is 0.918. The van der Waals surface area contributed by atoms with Crippen LogP contribution in [-0.2, 0) is 6.18 Å². The molecule has 0 bridgehead atoms. The molecule has 25 heavy (non-hydrogen) atoms. The molecule has 9 heteroatoms. The van der Waals surface area contributed by atoms with Gasteiger partial charge in [0.15, 0.2) is 0 Å². The number of alkyl halides is 3. The number of piperidine rings is 1. The lowest BCUT2D eigenvalue weighted by molar-refractivity contribution is -0.141. The first-order valence-corrected chi connectivity index (χ1v) is 8.29. The minimum absolute atomic E-state index is 0.171. The molecule has 0 spiro atoms. The molecular weight excluding hydrogens is 337 g/mol. The molecule has 2 aromatic heterocycles. The van der Waals surface area contributed by atoms with Crippen molar-refractivity contribution in [3.8, 4) is 0 Å². The van der Waals surface area contributed by atoms with Gasteiger partial charge < -0.3 is 14.4 Å². The van der Waals surface area contributed by atoms with E-state index in [2.05, 4.69) is 15.1 Å². The van der Waals surface area contributed by atoms with Crippen molar-refractivity contribution in [2.75, 3.05) is 13.1 Å². The molecule has 134 valence electrons. The lowest BCUT2D eigenvalue weighted by atomic mass is 9.96. The average Bonchev–Trinajstić information content (AvgIpc) is 3.12. The minimum atomic E-state index is -4.45. The molecule has 0 aromatic carbocycles. The molecular formula is C16H17F3N4O2. The largest absolute Gasteiger partial charge is 0.432 e. The molecule has 2 fully saturated rings. The van der Waals surface area contributed by atoms with E-state index in [1.807, 2.05) is 0 Å². The zero-order chi connectivity index (χ0) is 17.6. The molecule has 2 aliphatic rings. The number of hydrogen-bond acceptors (Lipinski definition) is 4. The van der Waals surface area contributed by atoms with Crippen LogP contribution in [0.15, 0.2) is 17.0 Å². The number of hydrogen-bond donors (Lipinski definition) is 1. The molecule has 1 saturated heterocycles. The van der Waals surface area contributed by atoms with E-state index in [0.29, 0.717) is 37.2 Å². The highest BCUT2D eigenvalue weighted by Crippen LogP contribution is 2.41. The third kappa shape index (κ3) is 3.14. The van der Waals surface area contributed by atoms with Gasteiger partial charge in [-0.15, -0.1) is 0 Å². The third-order valence-electron chi connectivity index (χ3n) is 4.79. The SMILES string of the molecule is O=C(c1conc1C1CC1)N1CCCC(c2ncc(C(F)(F)F)[nH]2)C1. The maximum absolute atomic E-state index is 12.8. The van der Waals surface area contributed by atoms with Gasteiger partial charge in [0, 0.05) is 24.9 Å². The summed E-state index contributed by atoms with van der Waals surface area (Å²) < 4.78 is 43.2. The Morgan fingerprint density at radius 1 is 1.28 bits per heavy atom. The van der Waals surface area contributed by atoms with Crippen LogP contribution in [0.5, 0.6) is 0 Å². The number of H-pyrrole nitrogens is 1. The fourth-order valence-electron chi connectivity index (χ4n) is 3.30. The van der Waals surface area contributed by atoms with Crippen LogP contribution in [0.2, 0.25) is 0 Å². The van der Waals surface area contributed by atoms with Gasteiger partial charge in [-0.05, 0) is 25.7 Å². The average molecular weight is 354 g/mol. The van der Waals surface area contributed by atoms with E-state index >= 15 is 0 Å². The second-order valence-electron chi connectivity index (χ2n) is 6.66. The molecule has 1 unspecified atom stereocenters. The first-order valence-electron chi connectivity index (χ1n) is 8.29. The molecule has 4 rings (SSSR count). The number of nitrogens with zero attached hydrogens (tertiary/aromatic N) is 3. The standard InChI is InChI=1S/C16H17F3N4O2/c17-16(18,19)12-6-20-14(21-12)10-2-1-5-23(7-10)15(24)11-8-25-22-13(11)9-3-4-9/h6,8-10H,1-5,7H2,(H,20,21). The molecule has 1 N–H and O–H groups in total. The second-order valence-corrected chi connectivity index (χ2v) is 6.66. The summed E-state index contributed by atoms with van der Waals surface area (Å²) in [5.41, 5.74) is 0.309. The topological polar surface area (TPSA) is 75.0 Å². The second kappa shape index (κ2) is 5.89. The maximum atomic E-state index is 12.8.